The molecule has 1 aliphatic rings. The smallest absolute Gasteiger partial charge is 0.250 e. The lowest BCUT2D eigenvalue weighted by Crippen LogP contribution is -2.39. The van der Waals surface area contributed by atoms with Crippen LogP contribution in [0, 0.1) is 6.92 Å². The summed E-state index contributed by atoms with van der Waals surface area (Å²) in [5, 5.41) is 9.05. The van der Waals surface area contributed by atoms with Crippen molar-refractivity contribution in [2.24, 2.45) is 0 Å². The summed E-state index contributed by atoms with van der Waals surface area (Å²) in [5.41, 5.74) is -0.587. The summed E-state index contributed by atoms with van der Waals surface area (Å²) < 4.78 is 26.6. The minimum Gasteiger partial charge on any atom is -0.394 e. The Morgan fingerprint density at radius 1 is 1.53 bits per heavy atom. The van der Waals surface area contributed by atoms with E-state index in [2.05, 4.69) is 4.72 Å². The molecular formula is C9H13NO3S2. The van der Waals surface area contributed by atoms with E-state index in [0.29, 0.717) is 17.1 Å². The molecule has 1 saturated carbocycles. The fourth-order valence-electron chi connectivity index (χ4n) is 1.34. The van der Waals surface area contributed by atoms with Gasteiger partial charge < -0.3 is 5.11 Å². The molecule has 0 spiro atoms. The molecule has 1 aromatic heterocycles. The second-order valence-corrected chi connectivity index (χ2v) is 7.11. The van der Waals surface area contributed by atoms with Crippen molar-refractivity contribution in [2.45, 2.75) is 29.5 Å². The summed E-state index contributed by atoms with van der Waals surface area (Å²) in [4.78, 5) is 0.962. The number of sulfonamides is 1. The minimum absolute atomic E-state index is 0.128. The fourth-order valence-corrected chi connectivity index (χ4v) is 4.07. The normalized spacial score (nSPS) is 19.1. The summed E-state index contributed by atoms with van der Waals surface area (Å²) in [6.45, 7) is 1.74. The third kappa shape index (κ3) is 2.23. The summed E-state index contributed by atoms with van der Waals surface area (Å²) >= 11 is 1.24. The molecule has 1 aliphatic carbocycles. The van der Waals surface area contributed by atoms with Gasteiger partial charge in [0.05, 0.1) is 12.1 Å². The number of thiophene rings is 1. The van der Waals surface area contributed by atoms with Crippen molar-refractivity contribution in [2.75, 3.05) is 6.61 Å². The van der Waals surface area contributed by atoms with Crippen LogP contribution in [0.1, 0.15) is 17.7 Å². The van der Waals surface area contributed by atoms with E-state index in [1.165, 1.54) is 11.3 Å². The second-order valence-electron chi connectivity index (χ2n) is 3.91. The van der Waals surface area contributed by atoms with Crippen LogP contribution in [0.2, 0.25) is 0 Å². The largest absolute Gasteiger partial charge is 0.394 e. The molecule has 1 aromatic rings. The van der Waals surface area contributed by atoms with Crippen LogP contribution in [0.15, 0.2) is 16.3 Å². The Morgan fingerprint density at radius 2 is 2.20 bits per heavy atom. The average molecular weight is 247 g/mol. The predicted molar refractivity (Wildman–Crippen MR) is 58.4 cm³/mol. The van der Waals surface area contributed by atoms with Gasteiger partial charge in [-0.2, -0.15) is 0 Å². The molecule has 0 unspecified atom stereocenters. The Bertz CT molecular complexity index is 459. The van der Waals surface area contributed by atoms with Crippen molar-refractivity contribution in [1.82, 2.24) is 4.72 Å². The molecule has 15 heavy (non-hydrogen) atoms. The van der Waals surface area contributed by atoms with Crippen LogP contribution in [0.3, 0.4) is 0 Å². The molecule has 0 radical (unpaired) electrons. The van der Waals surface area contributed by atoms with Gasteiger partial charge in [0.1, 0.15) is 4.21 Å². The Morgan fingerprint density at radius 3 is 2.60 bits per heavy atom. The maximum Gasteiger partial charge on any atom is 0.250 e. The van der Waals surface area contributed by atoms with Gasteiger partial charge in [-0.15, -0.1) is 11.3 Å². The maximum absolute atomic E-state index is 11.8. The molecule has 1 heterocycles. The van der Waals surface area contributed by atoms with Crippen molar-refractivity contribution >= 4 is 21.4 Å². The van der Waals surface area contributed by atoms with Crippen LogP contribution < -0.4 is 4.72 Å². The lowest BCUT2D eigenvalue weighted by molar-refractivity contribution is 0.246. The van der Waals surface area contributed by atoms with Gasteiger partial charge in [-0.05, 0) is 31.9 Å². The average Bonchev–Trinajstić information content (AvgIpc) is 2.78. The van der Waals surface area contributed by atoms with Gasteiger partial charge in [-0.25, -0.2) is 13.1 Å². The molecule has 0 aliphatic heterocycles. The van der Waals surface area contributed by atoms with Crippen molar-refractivity contribution in [1.29, 1.82) is 0 Å². The molecule has 1 fully saturated rings. The standard InChI is InChI=1S/C9H13NO3S2/c1-7-2-3-8(14-7)15(12,13)10-9(6-11)4-5-9/h2-3,10-11H,4-6H2,1H3. The number of hydrogen-bond acceptors (Lipinski definition) is 4. The quantitative estimate of drug-likeness (QED) is 0.829. The van der Waals surface area contributed by atoms with E-state index < -0.39 is 15.6 Å². The van der Waals surface area contributed by atoms with Crippen LogP contribution >= 0.6 is 11.3 Å². The molecule has 0 atom stereocenters. The monoisotopic (exact) mass is 247 g/mol. The van der Waals surface area contributed by atoms with E-state index in [4.69, 9.17) is 5.11 Å². The number of aliphatic hydroxyl groups excluding tert-OH is 1. The van der Waals surface area contributed by atoms with Crippen molar-refractivity contribution in [3.05, 3.63) is 17.0 Å². The lowest BCUT2D eigenvalue weighted by atomic mass is 10.3. The van der Waals surface area contributed by atoms with E-state index in [1.807, 2.05) is 6.92 Å². The van der Waals surface area contributed by atoms with Crippen LogP contribution in [0.25, 0.3) is 0 Å². The summed E-state index contributed by atoms with van der Waals surface area (Å²) in [7, 11) is -3.44. The predicted octanol–water partition coefficient (Wildman–Crippen LogP) is 0.860. The molecule has 0 bridgehead atoms. The molecular weight excluding hydrogens is 234 g/mol. The highest BCUT2D eigenvalue weighted by Gasteiger charge is 2.45. The zero-order chi connectivity index (χ0) is 11.1. The summed E-state index contributed by atoms with van der Waals surface area (Å²) in [6.07, 6.45) is 1.43. The first kappa shape index (κ1) is 11.1. The number of nitrogens with one attached hydrogen (secondary N) is 1. The van der Waals surface area contributed by atoms with Gasteiger partial charge in [0, 0.05) is 4.88 Å². The number of rotatable bonds is 4. The van der Waals surface area contributed by atoms with Crippen molar-refractivity contribution in [3.8, 4) is 0 Å². The van der Waals surface area contributed by atoms with Gasteiger partial charge >= 0.3 is 0 Å². The zero-order valence-corrected chi connectivity index (χ0v) is 9.99. The molecule has 2 rings (SSSR count). The topological polar surface area (TPSA) is 66.4 Å². The lowest BCUT2D eigenvalue weighted by Gasteiger charge is -2.13. The van der Waals surface area contributed by atoms with E-state index in [0.717, 1.165) is 4.88 Å². The highest BCUT2D eigenvalue weighted by molar-refractivity contribution is 7.91. The van der Waals surface area contributed by atoms with Crippen molar-refractivity contribution in [3.63, 3.8) is 0 Å². The Kier molecular flexibility index (Phi) is 2.62. The first-order chi connectivity index (χ1) is 6.97. The highest BCUT2D eigenvalue weighted by atomic mass is 32.2. The number of aryl methyl sites for hydroxylation is 1. The zero-order valence-electron chi connectivity index (χ0n) is 8.36. The van der Waals surface area contributed by atoms with Crippen LogP contribution in [-0.2, 0) is 10.0 Å². The van der Waals surface area contributed by atoms with Gasteiger partial charge in [0.25, 0.3) is 10.0 Å². The summed E-state index contributed by atoms with van der Waals surface area (Å²) in [6, 6.07) is 3.37. The molecule has 84 valence electrons. The first-order valence-electron chi connectivity index (χ1n) is 4.69. The number of aliphatic hydroxyl groups is 1. The molecule has 6 heteroatoms. The van der Waals surface area contributed by atoms with Gasteiger partial charge in [-0.1, -0.05) is 0 Å². The third-order valence-electron chi connectivity index (χ3n) is 2.49. The second kappa shape index (κ2) is 3.55. The van der Waals surface area contributed by atoms with Gasteiger partial charge in [-0.3, -0.25) is 0 Å². The summed E-state index contributed by atoms with van der Waals surface area (Å²) in [5.74, 6) is 0. The molecule has 0 saturated heterocycles. The first-order valence-corrected chi connectivity index (χ1v) is 6.99. The molecule has 0 aromatic carbocycles. The van der Waals surface area contributed by atoms with Crippen molar-refractivity contribution < 1.29 is 13.5 Å². The van der Waals surface area contributed by atoms with Crippen LogP contribution in [-0.4, -0.2) is 25.7 Å². The number of hydrogen-bond donors (Lipinski definition) is 2. The van der Waals surface area contributed by atoms with E-state index >= 15 is 0 Å². The van der Waals surface area contributed by atoms with E-state index in [-0.39, 0.29) is 6.61 Å². The Hall–Kier alpha value is -0.430. The third-order valence-corrected chi connectivity index (χ3v) is 5.56. The van der Waals surface area contributed by atoms with E-state index in [9.17, 15) is 8.42 Å². The van der Waals surface area contributed by atoms with Crippen LogP contribution in [0.5, 0.6) is 0 Å². The van der Waals surface area contributed by atoms with E-state index in [1.54, 1.807) is 12.1 Å². The fraction of sp³-hybridized carbons (Fsp3) is 0.556. The molecule has 4 nitrogen and oxygen atoms in total. The highest BCUT2D eigenvalue weighted by Crippen LogP contribution is 2.36. The van der Waals surface area contributed by atoms with Gasteiger partial charge in [0.15, 0.2) is 0 Å². The Labute approximate surface area is 93.0 Å². The minimum atomic E-state index is -3.44. The maximum atomic E-state index is 11.8. The molecule has 0 amide bonds. The van der Waals surface area contributed by atoms with Gasteiger partial charge in [0.2, 0.25) is 0 Å². The molecule has 2 N–H and O–H groups in total. The Balaban J connectivity index is 2.21. The van der Waals surface area contributed by atoms with Crippen LogP contribution in [0.4, 0.5) is 0 Å². The SMILES string of the molecule is Cc1ccc(S(=O)(=O)NC2(CO)CC2)s1.